The molecule has 0 aliphatic rings. The van der Waals surface area contributed by atoms with E-state index in [1.54, 1.807) is 43.0 Å². The summed E-state index contributed by atoms with van der Waals surface area (Å²) in [5, 5.41) is 2.79. The van der Waals surface area contributed by atoms with Crippen molar-refractivity contribution >= 4 is 5.91 Å². The highest BCUT2D eigenvalue weighted by Gasteiger charge is 2.18. The van der Waals surface area contributed by atoms with Gasteiger partial charge in [0.15, 0.2) is 5.43 Å². The fraction of sp³-hybridized carbons (Fsp3) is 0.238. The first kappa shape index (κ1) is 18.6. The van der Waals surface area contributed by atoms with Crippen LogP contribution < -0.4 is 10.7 Å². The van der Waals surface area contributed by atoms with Crippen LogP contribution in [0.4, 0.5) is 4.39 Å². The van der Waals surface area contributed by atoms with Crippen molar-refractivity contribution < 1.29 is 13.6 Å². The molecule has 27 heavy (non-hydrogen) atoms. The van der Waals surface area contributed by atoms with Crippen molar-refractivity contribution in [1.82, 2.24) is 9.88 Å². The molecule has 3 aromatic rings. The normalized spacial score (nSPS) is 12.0. The van der Waals surface area contributed by atoms with Crippen LogP contribution in [0.5, 0.6) is 0 Å². The summed E-state index contributed by atoms with van der Waals surface area (Å²) in [7, 11) is 1.78. The summed E-state index contributed by atoms with van der Waals surface area (Å²) < 4.78 is 20.5. The molecule has 0 radical (unpaired) electrons. The van der Waals surface area contributed by atoms with E-state index in [4.69, 9.17) is 4.42 Å². The molecule has 3 rings (SSSR count). The van der Waals surface area contributed by atoms with Crippen LogP contribution in [0.2, 0.25) is 0 Å². The molecule has 0 saturated heterocycles. The molecule has 1 amide bonds. The lowest BCUT2D eigenvalue weighted by Crippen LogP contribution is -2.31. The monoisotopic (exact) mass is 368 g/mol. The standard InChI is InChI=1S/C21H21FN2O3/c1-14-12-19(25)18(13-24(14)2)21(26)23-10-9-17(20-4-3-11-27-20)15-5-7-16(22)8-6-15/h3-8,11-13,17H,9-10H2,1-2H3,(H,23,26). The summed E-state index contributed by atoms with van der Waals surface area (Å²) in [4.78, 5) is 24.4. The van der Waals surface area contributed by atoms with Gasteiger partial charge in [-0.05, 0) is 43.2 Å². The number of nitrogens with zero attached hydrogens (tertiary/aromatic N) is 1. The van der Waals surface area contributed by atoms with Crippen LogP contribution in [0.1, 0.15) is 39.7 Å². The molecule has 140 valence electrons. The van der Waals surface area contributed by atoms with Gasteiger partial charge in [0.25, 0.3) is 5.91 Å². The largest absolute Gasteiger partial charge is 0.469 e. The van der Waals surface area contributed by atoms with E-state index in [0.29, 0.717) is 13.0 Å². The minimum Gasteiger partial charge on any atom is -0.469 e. The molecule has 0 aliphatic carbocycles. The third-order valence-corrected chi connectivity index (χ3v) is 4.61. The second-order valence-corrected chi connectivity index (χ2v) is 6.47. The molecule has 0 bridgehead atoms. The maximum Gasteiger partial charge on any atom is 0.256 e. The Morgan fingerprint density at radius 3 is 2.67 bits per heavy atom. The quantitative estimate of drug-likeness (QED) is 0.725. The van der Waals surface area contributed by atoms with Gasteiger partial charge < -0.3 is 14.3 Å². The van der Waals surface area contributed by atoms with Crippen molar-refractivity contribution in [2.24, 2.45) is 7.05 Å². The Morgan fingerprint density at radius 1 is 1.26 bits per heavy atom. The second-order valence-electron chi connectivity index (χ2n) is 6.47. The highest BCUT2D eigenvalue weighted by molar-refractivity contribution is 5.93. The van der Waals surface area contributed by atoms with Crippen LogP contribution in [-0.4, -0.2) is 17.0 Å². The van der Waals surface area contributed by atoms with Gasteiger partial charge >= 0.3 is 0 Å². The second kappa shape index (κ2) is 8.03. The van der Waals surface area contributed by atoms with Crippen molar-refractivity contribution in [2.45, 2.75) is 19.3 Å². The summed E-state index contributed by atoms with van der Waals surface area (Å²) in [6.45, 7) is 2.15. The van der Waals surface area contributed by atoms with Crippen molar-refractivity contribution in [2.75, 3.05) is 6.54 Å². The van der Waals surface area contributed by atoms with Gasteiger partial charge in [-0.15, -0.1) is 0 Å². The van der Waals surface area contributed by atoms with Crippen LogP contribution in [-0.2, 0) is 7.05 Å². The predicted molar refractivity (Wildman–Crippen MR) is 100 cm³/mol. The Morgan fingerprint density at radius 2 is 2.00 bits per heavy atom. The zero-order chi connectivity index (χ0) is 19.4. The first-order valence-electron chi connectivity index (χ1n) is 8.70. The van der Waals surface area contributed by atoms with E-state index < -0.39 is 5.91 Å². The zero-order valence-electron chi connectivity index (χ0n) is 15.2. The molecule has 0 fully saturated rings. The Bertz CT molecular complexity index is 976. The number of hydrogen-bond donors (Lipinski definition) is 1. The van der Waals surface area contributed by atoms with E-state index in [1.807, 2.05) is 6.07 Å². The lowest BCUT2D eigenvalue weighted by molar-refractivity contribution is 0.0950. The Labute approximate surface area is 156 Å². The fourth-order valence-electron chi connectivity index (χ4n) is 2.98. The minimum atomic E-state index is -0.409. The molecule has 6 heteroatoms. The molecule has 1 aromatic carbocycles. The number of aryl methyl sites for hydroxylation is 2. The van der Waals surface area contributed by atoms with E-state index in [9.17, 15) is 14.0 Å². The number of amides is 1. The Kier molecular flexibility index (Phi) is 5.54. The number of carbonyl (C=O) groups is 1. The van der Waals surface area contributed by atoms with E-state index in [2.05, 4.69) is 5.32 Å². The van der Waals surface area contributed by atoms with Crippen LogP contribution >= 0.6 is 0 Å². The van der Waals surface area contributed by atoms with E-state index in [1.165, 1.54) is 24.4 Å². The first-order chi connectivity index (χ1) is 13.0. The van der Waals surface area contributed by atoms with E-state index >= 15 is 0 Å². The number of aromatic nitrogens is 1. The van der Waals surface area contributed by atoms with Crippen molar-refractivity contribution in [3.05, 3.63) is 93.5 Å². The molecule has 1 N–H and O–H groups in total. The summed E-state index contributed by atoms with van der Waals surface area (Å²) in [5.74, 6) is -0.0998. The summed E-state index contributed by atoms with van der Waals surface area (Å²) in [6, 6.07) is 11.3. The maximum atomic E-state index is 13.2. The number of halogens is 1. The SMILES string of the molecule is Cc1cc(=O)c(C(=O)NCCC(c2ccc(F)cc2)c2ccco2)cn1C. The minimum absolute atomic E-state index is 0.111. The predicted octanol–water partition coefficient (Wildman–Crippen LogP) is 3.38. The van der Waals surface area contributed by atoms with Gasteiger partial charge in [0.05, 0.1) is 6.26 Å². The molecule has 0 aliphatic heterocycles. The lowest BCUT2D eigenvalue weighted by atomic mass is 9.93. The van der Waals surface area contributed by atoms with Crippen LogP contribution in [0.3, 0.4) is 0 Å². The number of rotatable bonds is 6. The van der Waals surface area contributed by atoms with Gasteiger partial charge in [-0.1, -0.05) is 12.1 Å². The fourth-order valence-corrected chi connectivity index (χ4v) is 2.98. The Hall–Kier alpha value is -3.15. The van der Waals surface area contributed by atoms with Gasteiger partial charge in [-0.2, -0.15) is 0 Å². The molecular formula is C21H21FN2O3. The molecule has 1 unspecified atom stereocenters. The molecule has 2 aromatic heterocycles. The first-order valence-corrected chi connectivity index (χ1v) is 8.70. The highest BCUT2D eigenvalue weighted by Crippen LogP contribution is 2.28. The summed E-state index contributed by atoms with van der Waals surface area (Å²) in [5.41, 5.74) is 1.49. The zero-order valence-corrected chi connectivity index (χ0v) is 15.2. The maximum absolute atomic E-state index is 13.2. The van der Waals surface area contributed by atoms with Crippen molar-refractivity contribution in [3.63, 3.8) is 0 Å². The summed E-state index contributed by atoms with van der Waals surface area (Å²) in [6.07, 6.45) is 3.68. The molecular weight excluding hydrogens is 347 g/mol. The average Bonchev–Trinajstić information content (AvgIpc) is 3.17. The van der Waals surface area contributed by atoms with Gasteiger partial charge in [0, 0.05) is 37.5 Å². The highest BCUT2D eigenvalue weighted by atomic mass is 19.1. The Balaban J connectivity index is 1.71. The molecule has 0 saturated carbocycles. The van der Waals surface area contributed by atoms with Crippen LogP contribution in [0, 0.1) is 12.7 Å². The molecule has 1 atom stereocenters. The van der Waals surface area contributed by atoms with E-state index in [-0.39, 0.29) is 22.7 Å². The number of benzene rings is 1. The topological polar surface area (TPSA) is 64.2 Å². The lowest BCUT2D eigenvalue weighted by Gasteiger charge is -2.16. The number of pyridine rings is 1. The van der Waals surface area contributed by atoms with Crippen LogP contribution in [0.15, 0.2) is 64.1 Å². The average molecular weight is 368 g/mol. The van der Waals surface area contributed by atoms with Gasteiger partial charge in [0.2, 0.25) is 0 Å². The van der Waals surface area contributed by atoms with Crippen molar-refractivity contribution in [3.8, 4) is 0 Å². The number of nitrogens with one attached hydrogen (secondary N) is 1. The molecule has 5 nitrogen and oxygen atoms in total. The summed E-state index contributed by atoms with van der Waals surface area (Å²) >= 11 is 0. The molecule has 2 heterocycles. The third-order valence-electron chi connectivity index (χ3n) is 4.61. The van der Waals surface area contributed by atoms with Gasteiger partial charge in [-0.25, -0.2) is 4.39 Å². The molecule has 0 spiro atoms. The number of carbonyl (C=O) groups excluding carboxylic acids is 1. The smallest absolute Gasteiger partial charge is 0.256 e. The van der Waals surface area contributed by atoms with Crippen molar-refractivity contribution in [1.29, 1.82) is 0 Å². The number of hydrogen-bond acceptors (Lipinski definition) is 3. The third kappa shape index (κ3) is 4.34. The van der Waals surface area contributed by atoms with Gasteiger partial charge in [-0.3, -0.25) is 9.59 Å². The van der Waals surface area contributed by atoms with Crippen LogP contribution in [0.25, 0.3) is 0 Å². The van der Waals surface area contributed by atoms with Gasteiger partial charge in [0.1, 0.15) is 17.1 Å². The number of furan rings is 1. The van der Waals surface area contributed by atoms with E-state index in [0.717, 1.165) is 17.0 Å².